The molecular formula is C21H18ClN3O3. The van der Waals surface area contributed by atoms with Gasteiger partial charge in [0.1, 0.15) is 5.69 Å². The summed E-state index contributed by atoms with van der Waals surface area (Å²) in [5.74, 6) is -0.802. The molecule has 2 N–H and O–H groups in total. The molecule has 3 aromatic rings. The molecule has 1 aromatic heterocycles. The summed E-state index contributed by atoms with van der Waals surface area (Å²) in [7, 11) is 1.33. The number of hydrogen-bond donors (Lipinski definition) is 2. The number of carbonyl (C=O) groups is 2. The Labute approximate surface area is 167 Å². The van der Waals surface area contributed by atoms with Gasteiger partial charge in [0.25, 0.3) is 5.91 Å². The molecule has 0 radical (unpaired) electrons. The van der Waals surface area contributed by atoms with E-state index in [0.717, 1.165) is 5.56 Å². The van der Waals surface area contributed by atoms with Gasteiger partial charge in [0.05, 0.1) is 18.4 Å². The number of methoxy groups -OCH3 is 1. The summed E-state index contributed by atoms with van der Waals surface area (Å²) in [6.07, 6.45) is 1.52. The van der Waals surface area contributed by atoms with Crippen molar-refractivity contribution in [1.82, 2.24) is 4.98 Å². The van der Waals surface area contributed by atoms with Crippen molar-refractivity contribution in [3.05, 3.63) is 82.6 Å². The van der Waals surface area contributed by atoms with Gasteiger partial charge in [-0.2, -0.15) is 0 Å². The molecule has 0 aliphatic carbocycles. The predicted octanol–water partition coefficient (Wildman–Crippen LogP) is 4.83. The molecule has 142 valence electrons. The lowest BCUT2D eigenvalue weighted by atomic mass is 10.1. The minimum absolute atomic E-state index is 0.231. The van der Waals surface area contributed by atoms with Gasteiger partial charge in [0.2, 0.25) is 0 Å². The summed E-state index contributed by atoms with van der Waals surface area (Å²) < 4.78 is 4.80. The van der Waals surface area contributed by atoms with E-state index in [1.54, 1.807) is 54.6 Å². The van der Waals surface area contributed by atoms with Crippen LogP contribution in [0, 0.1) is 6.92 Å². The van der Waals surface area contributed by atoms with E-state index in [-0.39, 0.29) is 11.6 Å². The van der Waals surface area contributed by atoms with Crippen molar-refractivity contribution >= 4 is 40.5 Å². The van der Waals surface area contributed by atoms with Crippen molar-refractivity contribution in [3.63, 3.8) is 0 Å². The molecule has 0 aliphatic heterocycles. The van der Waals surface area contributed by atoms with Gasteiger partial charge in [0, 0.05) is 22.6 Å². The highest BCUT2D eigenvalue weighted by Crippen LogP contribution is 2.23. The van der Waals surface area contributed by atoms with Crippen LogP contribution in [0.1, 0.15) is 26.4 Å². The lowest BCUT2D eigenvalue weighted by molar-refractivity contribution is 0.0601. The fourth-order valence-electron chi connectivity index (χ4n) is 2.62. The van der Waals surface area contributed by atoms with Crippen LogP contribution in [-0.4, -0.2) is 24.0 Å². The quantitative estimate of drug-likeness (QED) is 0.605. The van der Waals surface area contributed by atoms with Crippen LogP contribution in [0.2, 0.25) is 5.02 Å². The van der Waals surface area contributed by atoms with Crippen molar-refractivity contribution in [3.8, 4) is 0 Å². The van der Waals surface area contributed by atoms with E-state index >= 15 is 0 Å². The minimum atomic E-state index is -0.451. The van der Waals surface area contributed by atoms with Crippen molar-refractivity contribution in [2.45, 2.75) is 6.92 Å². The summed E-state index contributed by atoms with van der Waals surface area (Å²) in [6, 6.07) is 15.5. The third-order valence-electron chi connectivity index (χ3n) is 4.04. The first-order valence-corrected chi connectivity index (χ1v) is 8.83. The molecule has 0 atom stereocenters. The van der Waals surface area contributed by atoms with Gasteiger partial charge in [-0.3, -0.25) is 9.78 Å². The van der Waals surface area contributed by atoms with Crippen LogP contribution in [0.25, 0.3) is 0 Å². The molecule has 3 rings (SSSR count). The van der Waals surface area contributed by atoms with Crippen LogP contribution in [-0.2, 0) is 4.74 Å². The maximum absolute atomic E-state index is 12.6. The summed E-state index contributed by atoms with van der Waals surface area (Å²) in [5.41, 5.74) is 3.32. The summed E-state index contributed by atoms with van der Waals surface area (Å²) >= 11 is 5.95. The molecular weight excluding hydrogens is 378 g/mol. The van der Waals surface area contributed by atoms with Gasteiger partial charge in [-0.05, 0) is 55.0 Å². The molecule has 0 bridgehead atoms. The van der Waals surface area contributed by atoms with Gasteiger partial charge in [-0.1, -0.05) is 23.7 Å². The van der Waals surface area contributed by atoms with Crippen LogP contribution in [0.5, 0.6) is 0 Å². The number of amides is 1. The van der Waals surface area contributed by atoms with Crippen molar-refractivity contribution in [1.29, 1.82) is 0 Å². The summed E-state index contributed by atoms with van der Waals surface area (Å²) in [4.78, 5) is 28.6. The molecule has 28 heavy (non-hydrogen) atoms. The molecule has 0 spiro atoms. The lowest BCUT2D eigenvalue weighted by Crippen LogP contribution is -2.14. The van der Waals surface area contributed by atoms with Crippen LogP contribution >= 0.6 is 11.6 Å². The molecule has 0 saturated heterocycles. The second kappa shape index (κ2) is 8.54. The van der Waals surface area contributed by atoms with Crippen LogP contribution in [0.3, 0.4) is 0 Å². The first kappa shape index (κ1) is 19.4. The van der Waals surface area contributed by atoms with Gasteiger partial charge in [-0.15, -0.1) is 0 Å². The Morgan fingerprint density at radius 2 is 1.82 bits per heavy atom. The zero-order valence-electron chi connectivity index (χ0n) is 15.3. The number of pyridine rings is 1. The highest BCUT2D eigenvalue weighted by molar-refractivity contribution is 6.30. The molecule has 1 heterocycles. The normalized spacial score (nSPS) is 10.2. The van der Waals surface area contributed by atoms with E-state index in [2.05, 4.69) is 15.6 Å². The minimum Gasteiger partial charge on any atom is -0.465 e. The summed E-state index contributed by atoms with van der Waals surface area (Å²) in [5, 5.41) is 6.55. The highest BCUT2D eigenvalue weighted by atomic mass is 35.5. The third kappa shape index (κ3) is 4.47. The van der Waals surface area contributed by atoms with Gasteiger partial charge >= 0.3 is 5.97 Å². The number of carbonyl (C=O) groups excluding carboxylic acids is 2. The van der Waals surface area contributed by atoms with Crippen LogP contribution < -0.4 is 10.6 Å². The lowest BCUT2D eigenvalue weighted by Gasteiger charge is -2.12. The number of para-hydroxylation sites is 1. The molecule has 6 nitrogen and oxygen atoms in total. The summed E-state index contributed by atoms with van der Waals surface area (Å²) in [6.45, 7) is 1.86. The number of hydrogen-bond acceptors (Lipinski definition) is 5. The Morgan fingerprint density at radius 3 is 2.57 bits per heavy atom. The smallest absolute Gasteiger partial charge is 0.339 e. The number of benzene rings is 2. The number of nitrogens with one attached hydrogen (secondary N) is 2. The number of ether oxygens (including phenoxy) is 1. The Balaban J connectivity index is 1.81. The Hall–Kier alpha value is -3.38. The molecule has 1 amide bonds. The number of nitrogens with zero attached hydrogens (tertiary/aromatic N) is 1. The second-order valence-electron chi connectivity index (χ2n) is 6.01. The zero-order valence-corrected chi connectivity index (χ0v) is 16.1. The standard InChI is InChI=1S/C21H18ClN3O3/c1-13-11-14(22)7-8-17(13)25-20(26)19-12-15(9-10-23-19)24-18-6-4-3-5-16(18)21(27)28-2/h3-12H,1-2H3,(H,23,24)(H,25,26). The number of anilines is 3. The average molecular weight is 396 g/mol. The van der Waals surface area contributed by atoms with Crippen molar-refractivity contribution in [2.75, 3.05) is 17.7 Å². The number of rotatable bonds is 5. The fourth-order valence-corrected chi connectivity index (χ4v) is 2.85. The van der Waals surface area contributed by atoms with E-state index in [0.29, 0.717) is 27.6 Å². The second-order valence-corrected chi connectivity index (χ2v) is 6.44. The molecule has 0 aliphatic rings. The number of halogens is 1. The largest absolute Gasteiger partial charge is 0.465 e. The van der Waals surface area contributed by atoms with Crippen molar-refractivity contribution < 1.29 is 14.3 Å². The fraction of sp³-hybridized carbons (Fsp3) is 0.0952. The van der Waals surface area contributed by atoms with Crippen LogP contribution in [0.15, 0.2) is 60.8 Å². The van der Waals surface area contributed by atoms with Gasteiger partial charge < -0.3 is 15.4 Å². The van der Waals surface area contributed by atoms with E-state index in [9.17, 15) is 9.59 Å². The molecule has 7 heteroatoms. The molecule has 2 aromatic carbocycles. The monoisotopic (exact) mass is 395 g/mol. The maximum atomic E-state index is 12.6. The number of aromatic nitrogens is 1. The first-order chi connectivity index (χ1) is 13.5. The number of esters is 1. The maximum Gasteiger partial charge on any atom is 0.339 e. The number of aryl methyl sites for hydroxylation is 1. The van der Waals surface area contributed by atoms with E-state index in [1.165, 1.54) is 13.3 Å². The molecule has 0 saturated carbocycles. The van der Waals surface area contributed by atoms with Crippen LogP contribution in [0.4, 0.5) is 17.1 Å². The third-order valence-corrected chi connectivity index (χ3v) is 4.28. The van der Waals surface area contributed by atoms with Gasteiger partial charge in [0.15, 0.2) is 0 Å². The Morgan fingerprint density at radius 1 is 1.04 bits per heavy atom. The van der Waals surface area contributed by atoms with E-state index in [1.807, 2.05) is 6.92 Å². The molecule has 0 fully saturated rings. The average Bonchev–Trinajstić information content (AvgIpc) is 2.70. The SMILES string of the molecule is COC(=O)c1ccccc1Nc1ccnc(C(=O)Nc2ccc(Cl)cc2C)c1. The first-order valence-electron chi connectivity index (χ1n) is 8.46. The topological polar surface area (TPSA) is 80.3 Å². The highest BCUT2D eigenvalue weighted by Gasteiger charge is 2.13. The van der Waals surface area contributed by atoms with Crippen molar-refractivity contribution in [2.24, 2.45) is 0 Å². The van der Waals surface area contributed by atoms with Gasteiger partial charge in [-0.25, -0.2) is 4.79 Å². The van der Waals surface area contributed by atoms with E-state index in [4.69, 9.17) is 16.3 Å². The zero-order chi connectivity index (χ0) is 20.1. The van der Waals surface area contributed by atoms with E-state index < -0.39 is 5.97 Å². The Bertz CT molecular complexity index is 1040. The predicted molar refractivity (Wildman–Crippen MR) is 109 cm³/mol. The molecule has 0 unspecified atom stereocenters. The Kier molecular flexibility index (Phi) is 5.91.